The van der Waals surface area contributed by atoms with Gasteiger partial charge in [-0.3, -0.25) is 9.05 Å². The van der Waals surface area contributed by atoms with Gasteiger partial charge in [-0.2, -0.15) is 0 Å². The molecule has 0 aliphatic carbocycles. The molecule has 8 atom stereocenters. The third kappa shape index (κ3) is 36.1. The Kier molecular flexibility index (Phi) is 34.1. The first-order chi connectivity index (χ1) is 25.1. The lowest BCUT2D eigenvalue weighted by molar-refractivity contribution is -0.0475. The van der Waals surface area contributed by atoms with E-state index in [0.29, 0.717) is 31.7 Å². The van der Waals surface area contributed by atoms with Gasteiger partial charge in [0.2, 0.25) is 0 Å². The highest BCUT2D eigenvalue weighted by Crippen LogP contribution is 2.43. The van der Waals surface area contributed by atoms with Crippen molar-refractivity contribution < 1.29 is 28.0 Å². The molecule has 53 heavy (non-hydrogen) atoms. The fourth-order valence-corrected chi connectivity index (χ4v) is 8.10. The number of rotatable bonds is 39. The van der Waals surface area contributed by atoms with E-state index in [0.717, 1.165) is 48.3 Å². The predicted molar refractivity (Wildman–Crippen MR) is 228 cm³/mol. The maximum atomic E-state index is 12.3. The topological polar surface area (TPSA) is 100 Å². The Labute approximate surface area is 331 Å². The van der Waals surface area contributed by atoms with Crippen LogP contribution in [0.5, 0.6) is 0 Å². The molecule has 0 aliphatic rings. The molecule has 0 bridgehead atoms. The van der Waals surface area contributed by atoms with Gasteiger partial charge in [-0.05, 0) is 60.2 Å². The van der Waals surface area contributed by atoms with E-state index in [-0.39, 0.29) is 19.8 Å². The molecule has 0 aromatic rings. The standard InChI is InChI=1S/C45H94NO6P/c1-37(2)17-11-19-39(5)21-13-23-41(7)25-15-27-43(9)29-32-49-35-45(36-52-53(47,48)51-34-31-46)50-33-30-44(10)28-16-26-42(8)24-14-22-40(6)20-12-18-38(3)4/h37-45H,11-36,46H2,1-10H3,(H,47,48)/t39-,40-,41-,42-,43-,44-,45+/m1/s1. The number of phosphoric ester groups is 1. The first kappa shape index (κ1) is 53.0. The third-order valence-corrected chi connectivity index (χ3v) is 12.3. The molecule has 0 saturated carbocycles. The van der Waals surface area contributed by atoms with Crippen LogP contribution in [0.1, 0.15) is 198 Å². The lowest BCUT2D eigenvalue weighted by atomic mass is 9.91. The van der Waals surface area contributed by atoms with Crippen LogP contribution in [0.25, 0.3) is 0 Å². The van der Waals surface area contributed by atoms with Gasteiger partial charge in [0.1, 0.15) is 6.10 Å². The Morgan fingerprint density at radius 2 is 0.792 bits per heavy atom. The molecule has 0 fully saturated rings. The highest BCUT2D eigenvalue weighted by atomic mass is 31.2. The summed E-state index contributed by atoms with van der Waals surface area (Å²) in [5, 5.41) is 0. The summed E-state index contributed by atoms with van der Waals surface area (Å²) in [5.41, 5.74) is 5.43. The summed E-state index contributed by atoms with van der Waals surface area (Å²) >= 11 is 0. The zero-order valence-electron chi connectivity index (χ0n) is 37.1. The summed E-state index contributed by atoms with van der Waals surface area (Å²) < 4.78 is 34.7. The highest BCUT2D eigenvalue weighted by molar-refractivity contribution is 7.47. The average molecular weight is 776 g/mol. The molecular formula is C45H94NO6P. The molecule has 0 aliphatic heterocycles. The van der Waals surface area contributed by atoms with Gasteiger partial charge in [0.15, 0.2) is 0 Å². The maximum Gasteiger partial charge on any atom is 0.472 e. The van der Waals surface area contributed by atoms with Crippen molar-refractivity contribution in [2.75, 3.05) is 39.6 Å². The fraction of sp³-hybridized carbons (Fsp3) is 1.00. The van der Waals surface area contributed by atoms with Crippen molar-refractivity contribution in [1.82, 2.24) is 0 Å². The van der Waals surface area contributed by atoms with Crippen LogP contribution in [-0.2, 0) is 23.1 Å². The Hall–Kier alpha value is -0.0100. The Balaban J connectivity index is 4.37. The fourth-order valence-electron chi connectivity index (χ4n) is 7.34. The summed E-state index contributed by atoms with van der Waals surface area (Å²) in [6.07, 6.45) is 25.5. The minimum Gasteiger partial charge on any atom is -0.379 e. The van der Waals surface area contributed by atoms with E-state index in [1.165, 1.54) is 116 Å². The number of nitrogens with two attached hydrogens (primary N) is 1. The largest absolute Gasteiger partial charge is 0.472 e. The van der Waals surface area contributed by atoms with Crippen molar-refractivity contribution in [2.45, 2.75) is 204 Å². The zero-order valence-corrected chi connectivity index (χ0v) is 38.0. The summed E-state index contributed by atoms with van der Waals surface area (Å²) in [6, 6.07) is 0. The summed E-state index contributed by atoms with van der Waals surface area (Å²) in [6.45, 7) is 25.3. The van der Waals surface area contributed by atoms with Crippen LogP contribution in [0.3, 0.4) is 0 Å². The molecule has 0 radical (unpaired) electrons. The molecule has 3 N–H and O–H groups in total. The van der Waals surface area contributed by atoms with E-state index in [4.69, 9.17) is 24.3 Å². The second-order valence-corrected chi connectivity index (χ2v) is 20.0. The summed E-state index contributed by atoms with van der Waals surface area (Å²) in [5.74, 6) is 6.12. The molecule has 0 spiro atoms. The first-order valence-electron chi connectivity index (χ1n) is 22.6. The molecule has 0 aromatic heterocycles. The van der Waals surface area contributed by atoms with Crippen LogP contribution in [0.2, 0.25) is 0 Å². The van der Waals surface area contributed by atoms with Gasteiger partial charge in [-0.25, -0.2) is 4.57 Å². The molecule has 7 nitrogen and oxygen atoms in total. The molecule has 0 saturated heterocycles. The second-order valence-electron chi connectivity index (χ2n) is 18.5. The molecule has 0 heterocycles. The smallest absolute Gasteiger partial charge is 0.379 e. The molecule has 320 valence electrons. The van der Waals surface area contributed by atoms with Crippen molar-refractivity contribution in [3.8, 4) is 0 Å². The lowest BCUT2D eigenvalue weighted by Crippen LogP contribution is -2.27. The Bertz CT molecular complexity index is 844. The monoisotopic (exact) mass is 776 g/mol. The minimum absolute atomic E-state index is 0.0298. The zero-order chi connectivity index (χ0) is 39.9. The number of hydrogen-bond acceptors (Lipinski definition) is 6. The first-order valence-corrected chi connectivity index (χ1v) is 24.1. The van der Waals surface area contributed by atoms with E-state index in [2.05, 4.69) is 69.2 Å². The molecular weight excluding hydrogens is 681 g/mol. The van der Waals surface area contributed by atoms with Crippen molar-refractivity contribution in [3.05, 3.63) is 0 Å². The summed E-state index contributed by atoms with van der Waals surface area (Å²) in [4.78, 5) is 10.0. The van der Waals surface area contributed by atoms with E-state index in [1.54, 1.807) is 0 Å². The highest BCUT2D eigenvalue weighted by Gasteiger charge is 2.24. The normalized spacial score (nSPS) is 17.5. The van der Waals surface area contributed by atoms with Gasteiger partial charge < -0.3 is 20.1 Å². The lowest BCUT2D eigenvalue weighted by Gasteiger charge is -2.21. The average Bonchev–Trinajstić information content (AvgIpc) is 3.07. The number of phosphoric acid groups is 1. The van der Waals surface area contributed by atoms with Gasteiger partial charge in [-0.15, -0.1) is 0 Å². The van der Waals surface area contributed by atoms with E-state index < -0.39 is 13.9 Å². The van der Waals surface area contributed by atoms with Gasteiger partial charge in [0.25, 0.3) is 0 Å². The summed E-state index contributed by atoms with van der Waals surface area (Å²) in [7, 11) is -4.17. The van der Waals surface area contributed by atoms with Crippen LogP contribution >= 0.6 is 7.82 Å². The van der Waals surface area contributed by atoms with Gasteiger partial charge in [0.05, 0.1) is 19.8 Å². The minimum atomic E-state index is -4.17. The molecule has 0 rings (SSSR count). The van der Waals surface area contributed by atoms with Gasteiger partial charge in [-0.1, -0.05) is 185 Å². The van der Waals surface area contributed by atoms with Crippen LogP contribution in [0.15, 0.2) is 0 Å². The quantitative estimate of drug-likeness (QED) is 0.0474. The maximum absolute atomic E-state index is 12.3. The van der Waals surface area contributed by atoms with Crippen LogP contribution in [0, 0.1) is 47.3 Å². The Morgan fingerprint density at radius 3 is 1.15 bits per heavy atom. The second kappa shape index (κ2) is 34.1. The third-order valence-electron chi connectivity index (χ3n) is 11.4. The number of hydrogen-bond donors (Lipinski definition) is 2. The van der Waals surface area contributed by atoms with Crippen molar-refractivity contribution in [2.24, 2.45) is 53.1 Å². The van der Waals surface area contributed by atoms with Gasteiger partial charge in [0, 0.05) is 19.8 Å². The van der Waals surface area contributed by atoms with E-state index in [1.807, 2.05) is 0 Å². The van der Waals surface area contributed by atoms with E-state index in [9.17, 15) is 9.46 Å². The molecule has 0 aromatic carbocycles. The van der Waals surface area contributed by atoms with Crippen LogP contribution < -0.4 is 5.73 Å². The van der Waals surface area contributed by atoms with Crippen molar-refractivity contribution in [3.63, 3.8) is 0 Å². The van der Waals surface area contributed by atoms with Gasteiger partial charge >= 0.3 is 7.82 Å². The Morgan fingerprint density at radius 1 is 0.453 bits per heavy atom. The van der Waals surface area contributed by atoms with Crippen molar-refractivity contribution >= 4 is 7.82 Å². The van der Waals surface area contributed by atoms with E-state index >= 15 is 0 Å². The van der Waals surface area contributed by atoms with Crippen LogP contribution in [0.4, 0.5) is 0 Å². The molecule has 0 amide bonds. The predicted octanol–water partition coefficient (Wildman–Crippen LogP) is 13.4. The van der Waals surface area contributed by atoms with Crippen LogP contribution in [-0.4, -0.2) is 50.6 Å². The SMILES string of the molecule is CC(C)CCC[C@@H](C)CCC[C@@H](C)CCC[C@@H](C)CCOC[C@@H](COP(=O)(O)OCCN)OCC[C@H](C)CCC[C@H](C)CCC[C@H](C)CCCC(C)C. The number of ether oxygens (including phenoxy) is 2. The molecule has 8 heteroatoms. The van der Waals surface area contributed by atoms with Crippen molar-refractivity contribution in [1.29, 1.82) is 0 Å². The molecule has 1 unspecified atom stereocenters.